The molecule has 0 spiro atoms. The van der Waals surface area contributed by atoms with E-state index >= 15 is 0 Å². The summed E-state index contributed by atoms with van der Waals surface area (Å²) >= 11 is 0. The van der Waals surface area contributed by atoms with Gasteiger partial charge in [0.15, 0.2) is 0 Å². The number of hydrogen-bond donors (Lipinski definition) is 0. The van der Waals surface area contributed by atoms with Gasteiger partial charge in [-0.3, -0.25) is 9.88 Å². The predicted octanol–water partition coefficient (Wildman–Crippen LogP) is 5.20. The summed E-state index contributed by atoms with van der Waals surface area (Å²) in [7, 11) is 0. The van der Waals surface area contributed by atoms with E-state index in [0.29, 0.717) is 0 Å². The number of halogens is 1. The quantitative estimate of drug-likeness (QED) is 0.620. The van der Waals surface area contributed by atoms with Crippen LogP contribution in [-0.4, -0.2) is 27.9 Å². The van der Waals surface area contributed by atoms with Crippen LogP contribution in [0, 0.1) is 5.82 Å². The highest BCUT2D eigenvalue weighted by molar-refractivity contribution is 5.81. The SMILES string of the molecule is C=C1C=CN2CCN(Cc3cccc4cccnc34)C(c3ccc(F)cc3)C2=C1. The molecule has 0 saturated carbocycles. The first-order valence-corrected chi connectivity index (χ1v) is 9.86. The van der Waals surface area contributed by atoms with Crippen molar-refractivity contribution in [1.82, 2.24) is 14.8 Å². The van der Waals surface area contributed by atoms with Crippen molar-refractivity contribution >= 4 is 10.9 Å². The van der Waals surface area contributed by atoms with Gasteiger partial charge < -0.3 is 4.90 Å². The molecule has 0 bridgehead atoms. The fraction of sp³-hybridized carbons (Fsp3) is 0.160. The molecule has 2 aromatic carbocycles. The largest absolute Gasteiger partial charge is 0.348 e. The molecule has 0 radical (unpaired) electrons. The summed E-state index contributed by atoms with van der Waals surface area (Å²) in [6.07, 6.45) is 8.13. The van der Waals surface area contributed by atoms with E-state index in [1.807, 2.05) is 30.5 Å². The number of rotatable bonds is 3. The Kier molecular flexibility index (Phi) is 4.49. The molecule has 1 fully saturated rings. The van der Waals surface area contributed by atoms with Crippen LogP contribution < -0.4 is 0 Å². The van der Waals surface area contributed by atoms with Crippen molar-refractivity contribution in [1.29, 1.82) is 0 Å². The minimum atomic E-state index is -0.215. The van der Waals surface area contributed by atoms with Gasteiger partial charge >= 0.3 is 0 Å². The third kappa shape index (κ3) is 3.36. The van der Waals surface area contributed by atoms with Crippen LogP contribution in [0.3, 0.4) is 0 Å². The molecule has 2 aliphatic rings. The highest BCUT2D eigenvalue weighted by Crippen LogP contribution is 2.38. The zero-order valence-electron chi connectivity index (χ0n) is 16.1. The standard InChI is InChI=1S/C25H22FN3/c1-18-11-13-28-14-15-29(17-21-5-2-4-19-6-3-12-27-24(19)21)25(23(28)16-18)20-7-9-22(26)10-8-20/h2-13,16,25H,1,14-15,17H2. The second kappa shape index (κ2) is 7.30. The summed E-state index contributed by atoms with van der Waals surface area (Å²) in [5, 5.41) is 1.15. The molecule has 3 heterocycles. The van der Waals surface area contributed by atoms with Gasteiger partial charge in [-0.1, -0.05) is 43.0 Å². The van der Waals surface area contributed by atoms with E-state index in [9.17, 15) is 4.39 Å². The monoisotopic (exact) mass is 383 g/mol. The minimum absolute atomic E-state index is 0.0324. The first-order valence-electron chi connectivity index (χ1n) is 9.86. The van der Waals surface area contributed by atoms with E-state index in [2.05, 4.69) is 57.9 Å². The Labute approximate surface area is 170 Å². The summed E-state index contributed by atoms with van der Waals surface area (Å²) in [5.41, 5.74) is 5.49. The summed E-state index contributed by atoms with van der Waals surface area (Å²) in [6.45, 7) is 6.71. The first kappa shape index (κ1) is 17.8. The number of para-hydroxylation sites is 1. The summed E-state index contributed by atoms with van der Waals surface area (Å²) in [6, 6.07) is 17.3. The molecular formula is C25H22FN3. The lowest BCUT2D eigenvalue weighted by Crippen LogP contribution is -2.45. The Morgan fingerprint density at radius 2 is 1.86 bits per heavy atom. The number of pyridine rings is 1. The number of fused-ring (bicyclic) bond motifs is 2. The second-order valence-corrected chi connectivity index (χ2v) is 7.57. The number of allylic oxidation sites excluding steroid dienone is 3. The fourth-order valence-electron chi connectivity index (χ4n) is 4.30. The van der Waals surface area contributed by atoms with E-state index in [-0.39, 0.29) is 11.9 Å². The Balaban J connectivity index is 1.57. The summed E-state index contributed by atoms with van der Waals surface area (Å²) in [4.78, 5) is 9.35. The predicted molar refractivity (Wildman–Crippen MR) is 114 cm³/mol. The molecule has 144 valence electrons. The molecule has 0 N–H and O–H groups in total. The Morgan fingerprint density at radius 1 is 1.03 bits per heavy atom. The minimum Gasteiger partial charge on any atom is -0.348 e. The Bertz CT molecular complexity index is 1130. The second-order valence-electron chi connectivity index (χ2n) is 7.57. The number of benzene rings is 2. The van der Waals surface area contributed by atoms with Crippen LogP contribution in [-0.2, 0) is 6.54 Å². The van der Waals surface area contributed by atoms with Gasteiger partial charge in [-0.15, -0.1) is 0 Å². The topological polar surface area (TPSA) is 19.4 Å². The van der Waals surface area contributed by atoms with Gasteiger partial charge in [-0.2, -0.15) is 0 Å². The highest BCUT2D eigenvalue weighted by Gasteiger charge is 2.33. The average molecular weight is 383 g/mol. The fourth-order valence-corrected chi connectivity index (χ4v) is 4.30. The van der Waals surface area contributed by atoms with E-state index < -0.39 is 0 Å². The molecule has 4 heteroatoms. The summed E-state index contributed by atoms with van der Waals surface area (Å²) in [5.74, 6) is -0.215. The Hall–Kier alpha value is -3.24. The molecule has 0 aliphatic carbocycles. The van der Waals surface area contributed by atoms with Gasteiger partial charge in [0.2, 0.25) is 0 Å². The maximum absolute atomic E-state index is 13.6. The van der Waals surface area contributed by atoms with Crippen LogP contribution in [0.25, 0.3) is 10.9 Å². The normalized spacial score (nSPS) is 19.3. The van der Waals surface area contributed by atoms with Gasteiger partial charge in [0.05, 0.1) is 11.6 Å². The van der Waals surface area contributed by atoms with Crippen molar-refractivity contribution in [3.8, 4) is 0 Å². The van der Waals surface area contributed by atoms with E-state index in [0.717, 1.165) is 41.7 Å². The molecule has 29 heavy (non-hydrogen) atoms. The lowest BCUT2D eigenvalue weighted by Gasteiger charge is -2.44. The number of nitrogens with zero attached hydrogens (tertiary/aromatic N) is 3. The van der Waals surface area contributed by atoms with Crippen molar-refractivity contribution in [2.24, 2.45) is 0 Å². The molecule has 1 saturated heterocycles. The van der Waals surface area contributed by atoms with E-state index in [1.165, 1.54) is 11.3 Å². The van der Waals surface area contributed by atoms with Crippen molar-refractivity contribution in [3.05, 3.63) is 114 Å². The van der Waals surface area contributed by atoms with Gasteiger partial charge in [0.25, 0.3) is 0 Å². The molecular weight excluding hydrogens is 361 g/mol. The third-order valence-electron chi connectivity index (χ3n) is 5.68. The number of piperazine rings is 1. The van der Waals surface area contributed by atoms with Gasteiger partial charge in [-0.05, 0) is 47.1 Å². The molecule has 1 atom stereocenters. The Morgan fingerprint density at radius 3 is 2.72 bits per heavy atom. The van der Waals surface area contributed by atoms with Crippen LogP contribution in [0.15, 0.2) is 97.0 Å². The summed E-state index contributed by atoms with van der Waals surface area (Å²) < 4.78 is 13.6. The third-order valence-corrected chi connectivity index (χ3v) is 5.68. The van der Waals surface area contributed by atoms with Crippen molar-refractivity contribution in [2.45, 2.75) is 12.6 Å². The van der Waals surface area contributed by atoms with Crippen LogP contribution in [0.2, 0.25) is 0 Å². The molecule has 2 aliphatic heterocycles. The molecule has 3 aromatic rings. The van der Waals surface area contributed by atoms with Gasteiger partial charge in [0, 0.05) is 43.1 Å². The maximum atomic E-state index is 13.6. The lowest BCUT2D eigenvalue weighted by atomic mass is 9.94. The number of hydrogen-bond acceptors (Lipinski definition) is 3. The zero-order chi connectivity index (χ0) is 19.8. The van der Waals surface area contributed by atoms with Crippen molar-refractivity contribution in [2.75, 3.05) is 13.1 Å². The zero-order valence-corrected chi connectivity index (χ0v) is 16.1. The van der Waals surface area contributed by atoms with Crippen molar-refractivity contribution in [3.63, 3.8) is 0 Å². The first-order chi connectivity index (χ1) is 14.2. The van der Waals surface area contributed by atoms with E-state index in [4.69, 9.17) is 0 Å². The van der Waals surface area contributed by atoms with Crippen LogP contribution >= 0.6 is 0 Å². The highest BCUT2D eigenvalue weighted by atomic mass is 19.1. The smallest absolute Gasteiger partial charge is 0.123 e. The lowest BCUT2D eigenvalue weighted by molar-refractivity contribution is 0.135. The molecule has 1 aromatic heterocycles. The van der Waals surface area contributed by atoms with Crippen molar-refractivity contribution < 1.29 is 4.39 Å². The van der Waals surface area contributed by atoms with Gasteiger partial charge in [0.1, 0.15) is 5.82 Å². The molecule has 5 rings (SSSR count). The molecule has 0 amide bonds. The van der Waals surface area contributed by atoms with Gasteiger partial charge in [-0.25, -0.2) is 4.39 Å². The van der Waals surface area contributed by atoms with Crippen LogP contribution in [0.4, 0.5) is 4.39 Å². The van der Waals surface area contributed by atoms with Crippen LogP contribution in [0.5, 0.6) is 0 Å². The van der Waals surface area contributed by atoms with Crippen LogP contribution in [0.1, 0.15) is 17.2 Å². The number of aromatic nitrogens is 1. The molecule has 1 unspecified atom stereocenters. The average Bonchev–Trinajstić information content (AvgIpc) is 2.75. The maximum Gasteiger partial charge on any atom is 0.123 e. The van der Waals surface area contributed by atoms with E-state index in [1.54, 1.807) is 12.1 Å². The molecule has 3 nitrogen and oxygen atoms in total.